The number of nitrogens with one attached hydrogen (secondary N) is 1. The normalized spacial score (nSPS) is 12.2. The molecule has 0 fully saturated rings. The minimum Gasteiger partial charge on any atom is -0.394 e. The lowest BCUT2D eigenvalue weighted by Gasteiger charge is -2.16. The third-order valence-corrected chi connectivity index (χ3v) is 3.40. The third-order valence-electron chi connectivity index (χ3n) is 3.04. The van der Waals surface area contributed by atoms with Crippen molar-refractivity contribution >= 4 is 17.3 Å². The molecule has 112 valence electrons. The van der Waals surface area contributed by atoms with Gasteiger partial charge < -0.3 is 10.4 Å². The number of rotatable bonds is 5. The van der Waals surface area contributed by atoms with Crippen molar-refractivity contribution in [3.8, 4) is 0 Å². The molecule has 0 bridgehead atoms. The summed E-state index contributed by atoms with van der Waals surface area (Å²) in [5, 5.41) is 15.8. The molecule has 0 amide bonds. The minimum atomic E-state index is -0.470. The van der Waals surface area contributed by atoms with Crippen molar-refractivity contribution < 1.29 is 9.50 Å². The van der Waals surface area contributed by atoms with Crippen LogP contribution in [0.3, 0.4) is 0 Å². The van der Waals surface area contributed by atoms with Crippen LogP contribution < -0.4 is 10.9 Å². The molecule has 5 nitrogen and oxygen atoms in total. The lowest BCUT2D eigenvalue weighted by molar-refractivity contribution is 0.266. The molecule has 1 aromatic carbocycles. The fourth-order valence-electron chi connectivity index (χ4n) is 1.89. The smallest absolute Gasteiger partial charge is 0.287 e. The van der Waals surface area contributed by atoms with Gasteiger partial charge in [-0.1, -0.05) is 23.7 Å². The first-order chi connectivity index (χ1) is 10.0. The maximum absolute atomic E-state index is 12.9. The van der Waals surface area contributed by atoms with E-state index in [1.165, 1.54) is 18.3 Å². The Morgan fingerprint density at radius 3 is 2.71 bits per heavy atom. The van der Waals surface area contributed by atoms with Gasteiger partial charge in [0.15, 0.2) is 0 Å². The average molecular weight is 312 g/mol. The highest BCUT2D eigenvalue weighted by Crippen LogP contribution is 2.22. The highest BCUT2D eigenvalue weighted by Gasteiger charge is 2.12. The predicted molar refractivity (Wildman–Crippen MR) is 79.0 cm³/mol. The van der Waals surface area contributed by atoms with Crippen LogP contribution in [0.2, 0.25) is 5.02 Å². The van der Waals surface area contributed by atoms with Crippen molar-refractivity contribution in [2.45, 2.75) is 19.5 Å². The van der Waals surface area contributed by atoms with Gasteiger partial charge in [-0.25, -0.2) is 9.07 Å². The Bertz CT molecular complexity index is 673. The molecule has 2 rings (SSSR count). The Balaban J connectivity index is 2.21. The van der Waals surface area contributed by atoms with Gasteiger partial charge in [-0.05, 0) is 24.6 Å². The number of hydrogen-bond acceptors (Lipinski definition) is 4. The molecule has 1 aromatic heterocycles. The highest BCUT2D eigenvalue weighted by atomic mass is 35.5. The van der Waals surface area contributed by atoms with Crippen LogP contribution in [-0.2, 0) is 6.54 Å². The van der Waals surface area contributed by atoms with Crippen LogP contribution in [0.15, 0.2) is 35.3 Å². The van der Waals surface area contributed by atoms with Crippen LogP contribution in [-0.4, -0.2) is 21.5 Å². The Morgan fingerprint density at radius 1 is 1.43 bits per heavy atom. The first-order valence-corrected chi connectivity index (χ1v) is 6.79. The molecular formula is C14H15ClFN3O2. The van der Waals surface area contributed by atoms with E-state index in [1.54, 1.807) is 12.1 Å². The summed E-state index contributed by atoms with van der Waals surface area (Å²) in [6, 6.07) is 5.87. The first kappa shape index (κ1) is 15.5. The quantitative estimate of drug-likeness (QED) is 0.888. The maximum atomic E-state index is 12.9. The van der Waals surface area contributed by atoms with Crippen molar-refractivity contribution in [1.82, 2.24) is 9.78 Å². The number of anilines is 1. The Kier molecular flexibility index (Phi) is 4.93. The zero-order valence-corrected chi connectivity index (χ0v) is 12.1. The summed E-state index contributed by atoms with van der Waals surface area (Å²) in [5.74, 6) is -0.308. The number of halogens is 2. The molecule has 0 saturated carbocycles. The summed E-state index contributed by atoms with van der Waals surface area (Å²) in [5.41, 5.74) is 0.779. The van der Waals surface area contributed by atoms with Gasteiger partial charge in [0.2, 0.25) is 0 Å². The first-order valence-electron chi connectivity index (χ1n) is 6.41. The third kappa shape index (κ3) is 3.59. The van der Waals surface area contributed by atoms with Gasteiger partial charge in [-0.3, -0.25) is 4.79 Å². The number of aliphatic hydroxyl groups is 1. The average Bonchev–Trinajstić information content (AvgIpc) is 2.47. The SMILES string of the molecule is CC(Nc1cnn(CCO)c(=O)c1Cl)c1ccc(F)cc1. The second kappa shape index (κ2) is 6.69. The molecule has 0 spiro atoms. The lowest BCUT2D eigenvalue weighted by atomic mass is 10.1. The molecule has 0 aliphatic heterocycles. The molecule has 7 heteroatoms. The van der Waals surface area contributed by atoms with E-state index in [0.29, 0.717) is 5.69 Å². The number of benzene rings is 1. The monoisotopic (exact) mass is 311 g/mol. The Hall–Kier alpha value is -1.92. The van der Waals surface area contributed by atoms with E-state index >= 15 is 0 Å². The van der Waals surface area contributed by atoms with Gasteiger partial charge in [-0.2, -0.15) is 5.10 Å². The zero-order chi connectivity index (χ0) is 15.4. The van der Waals surface area contributed by atoms with Gasteiger partial charge in [-0.15, -0.1) is 0 Å². The van der Waals surface area contributed by atoms with Crippen molar-refractivity contribution in [3.05, 3.63) is 57.2 Å². The molecule has 1 atom stereocenters. The summed E-state index contributed by atoms with van der Waals surface area (Å²) < 4.78 is 14.0. The molecule has 2 aromatic rings. The maximum Gasteiger partial charge on any atom is 0.287 e. The standard InChI is InChI=1S/C14H15ClFN3O2/c1-9(10-2-4-11(16)5-3-10)18-12-8-17-19(6-7-20)14(21)13(12)15/h2-5,8-9,18,20H,6-7H2,1H3. The van der Waals surface area contributed by atoms with Crippen LogP contribution in [0, 0.1) is 5.82 Å². The molecule has 0 aliphatic carbocycles. The van der Waals surface area contributed by atoms with E-state index in [2.05, 4.69) is 10.4 Å². The predicted octanol–water partition coefficient (Wildman–Crippen LogP) is 2.20. The van der Waals surface area contributed by atoms with E-state index in [0.717, 1.165) is 10.2 Å². The fraction of sp³-hybridized carbons (Fsp3) is 0.286. The molecule has 0 saturated heterocycles. The van der Waals surface area contributed by atoms with Crippen molar-refractivity contribution in [1.29, 1.82) is 0 Å². The van der Waals surface area contributed by atoms with Crippen LogP contribution in [0.5, 0.6) is 0 Å². The molecule has 0 radical (unpaired) electrons. The number of hydrogen-bond donors (Lipinski definition) is 2. The Morgan fingerprint density at radius 2 is 2.10 bits per heavy atom. The zero-order valence-electron chi connectivity index (χ0n) is 11.4. The Labute approximate surface area is 126 Å². The van der Waals surface area contributed by atoms with E-state index in [-0.39, 0.29) is 30.0 Å². The molecular weight excluding hydrogens is 297 g/mol. The van der Waals surface area contributed by atoms with Crippen LogP contribution in [0.1, 0.15) is 18.5 Å². The minimum absolute atomic E-state index is 0.00686. The van der Waals surface area contributed by atoms with Gasteiger partial charge in [0, 0.05) is 6.04 Å². The molecule has 2 N–H and O–H groups in total. The van der Waals surface area contributed by atoms with Gasteiger partial charge in [0.25, 0.3) is 5.56 Å². The second-order valence-corrected chi connectivity index (χ2v) is 4.92. The molecule has 21 heavy (non-hydrogen) atoms. The van der Waals surface area contributed by atoms with Gasteiger partial charge in [0.05, 0.1) is 25.0 Å². The van der Waals surface area contributed by atoms with E-state index in [9.17, 15) is 9.18 Å². The molecule has 0 aliphatic rings. The van der Waals surface area contributed by atoms with Crippen LogP contribution in [0.25, 0.3) is 0 Å². The largest absolute Gasteiger partial charge is 0.394 e. The van der Waals surface area contributed by atoms with Crippen LogP contribution in [0.4, 0.5) is 10.1 Å². The number of nitrogens with zero attached hydrogens (tertiary/aromatic N) is 2. The number of aromatic nitrogens is 2. The van der Waals surface area contributed by atoms with Gasteiger partial charge in [0.1, 0.15) is 10.8 Å². The summed E-state index contributed by atoms with van der Waals surface area (Å²) in [6.45, 7) is 1.76. The second-order valence-electron chi connectivity index (χ2n) is 4.54. The summed E-state index contributed by atoms with van der Waals surface area (Å²) in [7, 11) is 0. The van der Waals surface area contributed by atoms with E-state index in [1.807, 2.05) is 6.92 Å². The fourth-order valence-corrected chi connectivity index (χ4v) is 2.09. The highest BCUT2D eigenvalue weighted by molar-refractivity contribution is 6.32. The van der Waals surface area contributed by atoms with E-state index in [4.69, 9.17) is 16.7 Å². The van der Waals surface area contributed by atoms with Crippen LogP contribution >= 0.6 is 11.6 Å². The van der Waals surface area contributed by atoms with Crippen molar-refractivity contribution in [3.63, 3.8) is 0 Å². The van der Waals surface area contributed by atoms with Crippen molar-refractivity contribution in [2.75, 3.05) is 11.9 Å². The van der Waals surface area contributed by atoms with E-state index < -0.39 is 5.56 Å². The molecule has 1 heterocycles. The summed E-state index contributed by atoms with van der Waals surface area (Å²) in [4.78, 5) is 11.9. The van der Waals surface area contributed by atoms with Crippen molar-refractivity contribution in [2.24, 2.45) is 0 Å². The lowest BCUT2D eigenvalue weighted by Crippen LogP contribution is -2.26. The topological polar surface area (TPSA) is 67.2 Å². The summed E-state index contributed by atoms with van der Waals surface area (Å²) in [6.07, 6.45) is 1.43. The summed E-state index contributed by atoms with van der Waals surface area (Å²) >= 11 is 6.01. The molecule has 1 unspecified atom stereocenters. The van der Waals surface area contributed by atoms with Gasteiger partial charge >= 0.3 is 0 Å². The number of aliphatic hydroxyl groups excluding tert-OH is 1.